The SMILES string of the molecule is O=C(O)c1ccc(-n2cnnc2)cc1NC1=CC(=O)N(CCO)C1=O. The third-order valence-electron chi connectivity index (χ3n) is 3.55. The number of aromatic carboxylic acids is 1. The van der Waals surface area contributed by atoms with Gasteiger partial charge in [-0.3, -0.25) is 19.1 Å². The van der Waals surface area contributed by atoms with E-state index in [0.717, 1.165) is 11.0 Å². The summed E-state index contributed by atoms with van der Waals surface area (Å²) in [6.07, 6.45) is 3.94. The average Bonchev–Trinajstić information content (AvgIpc) is 3.20. The number of anilines is 1. The second-order valence-electron chi connectivity index (χ2n) is 5.11. The molecule has 1 aliphatic rings. The zero-order valence-corrected chi connectivity index (χ0v) is 12.8. The summed E-state index contributed by atoms with van der Waals surface area (Å²) in [5, 5.41) is 28.3. The van der Waals surface area contributed by atoms with Crippen molar-refractivity contribution in [2.24, 2.45) is 0 Å². The van der Waals surface area contributed by atoms with Crippen LogP contribution in [0.5, 0.6) is 0 Å². The number of nitrogens with zero attached hydrogens (tertiary/aromatic N) is 4. The predicted octanol–water partition coefficient (Wildman–Crippen LogP) is -0.378. The summed E-state index contributed by atoms with van der Waals surface area (Å²) >= 11 is 0. The number of imide groups is 1. The van der Waals surface area contributed by atoms with Crippen LogP contribution in [-0.4, -0.2) is 60.8 Å². The van der Waals surface area contributed by atoms with E-state index in [0.29, 0.717) is 5.69 Å². The molecule has 0 fully saturated rings. The third kappa shape index (κ3) is 3.10. The molecule has 1 aromatic carbocycles. The fraction of sp³-hybridized carbons (Fsp3) is 0.133. The Morgan fingerprint density at radius 2 is 1.92 bits per heavy atom. The summed E-state index contributed by atoms with van der Waals surface area (Å²) < 4.78 is 1.56. The second kappa shape index (κ2) is 6.53. The predicted molar refractivity (Wildman–Crippen MR) is 83.8 cm³/mol. The summed E-state index contributed by atoms with van der Waals surface area (Å²) in [7, 11) is 0. The molecule has 0 atom stereocenters. The molecule has 3 N–H and O–H groups in total. The Bertz CT molecular complexity index is 874. The first-order valence-electron chi connectivity index (χ1n) is 7.19. The molecule has 1 aliphatic heterocycles. The molecular weight excluding hydrogens is 330 g/mol. The van der Waals surface area contributed by atoms with Crippen molar-refractivity contribution in [1.82, 2.24) is 19.7 Å². The molecule has 2 amide bonds. The molecule has 128 valence electrons. The van der Waals surface area contributed by atoms with Gasteiger partial charge in [0.2, 0.25) is 0 Å². The highest BCUT2D eigenvalue weighted by atomic mass is 16.4. The van der Waals surface area contributed by atoms with Gasteiger partial charge in [-0.2, -0.15) is 0 Å². The normalized spacial score (nSPS) is 14.0. The van der Waals surface area contributed by atoms with Crippen LogP contribution in [0.25, 0.3) is 5.69 Å². The highest BCUT2D eigenvalue weighted by Crippen LogP contribution is 2.24. The lowest BCUT2D eigenvalue weighted by molar-refractivity contribution is -0.137. The number of carboxylic acids is 1. The van der Waals surface area contributed by atoms with Crippen LogP contribution in [0.4, 0.5) is 5.69 Å². The number of hydrogen-bond donors (Lipinski definition) is 3. The maximum absolute atomic E-state index is 12.2. The van der Waals surface area contributed by atoms with Crippen molar-refractivity contribution >= 4 is 23.5 Å². The highest BCUT2D eigenvalue weighted by Gasteiger charge is 2.31. The van der Waals surface area contributed by atoms with Gasteiger partial charge in [0, 0.05) is 6.08 Å². The van der Waals surface area contributed by atoms with E-state index >= 15 is 0 Å². The molecule has 10 nitrogen and oxygen atoms in total. The quantitative estimate of drug-likeness (QED) is 0.604. The van der Waals surface area contributed by atoms with Crippen LogP contribution < -0.4 is 5.32 Å². The number of amides is 2. The molecule has 0 saturated carbocycles. The monoisotopic (exact) mass is 343 g/mol. The molecule has 0 aliphatic carbocycles. The van der Waals surface area contributed by atoms with Gasteiger partial charge in [-0.25, -0.2) is 4.79 Å². The largest absolute Gasteiger partial charge is 0.478 e. The number of aliphatic hydroxyl groups is 1. The Morgan fingerprint density at radius 3 is 2.56 bits per heavy atom. The topological polar surface area (TPSA) is 138 Å². The van der Waals surface area contributed by atoms with Crippen LogP contribution in [0.3, 0.4) is 0 Å². The van der Waals surface area contributed by atoms with E-state index in [1.807, 2.05) is 0 Å². The smallest absolute Gasteiger partial charge is 0.337 e. The molecule has 0 bridgehead atoms. The molecule has 3 rings (SSSR count). The molecule has 0 radical (unpaired) electrons. The van der Waals surface area contributed by atoms with Crippen molar-refractivity contribution in [1.29, 1.82) is 0 Å². The number of aromatic nitrogens is 3. The maximum atomic E-state index is 12.2. The lowest BCUT2D eigenvalue weighted by Gasteiger charge is -2.15. The van der Waals surface area contributed by atoms with Gasteiger partial charge in [0.15, 0.2) is 0 Å². The lowest BCUT2D eigenvalue weighted by Crippen LogP contribution is -2.34. The number of rotatable bonds is 6. The van der Waals surface area contributed by atoms with E-state index in [2.05, 4.69) is 15.5 Å². The van der Waals surface area contributed by atoms with Gasteiger partial charge in [-0.05, 0) is 18.2 Å². The van der Waals surface area contributed by atoms with E-state index in [9.17, 15) is 19.5 Å². The van der Waals surface area contributed by atoms with Gasteiger partial charge in [-0.1, -0.05) is 0 Å². The first kappa shape index (κ1) is 16.3. The van der Waals surface area contributed by atoms with Crippen LogP contribution >= 0.6 is 0 Å². The van der Waals surface area contributed by atoms with Crippen molar-refractivity contribution < 1.29 is 24.6 Å². The van der Waals surface area contributed by atoms with E-state index in [1.165, 1.54) is 24.8 Å². The van der Waals surface area contributed by atoms with Crippen molar-refractivity contribution in [2.45, 2.75) is 0 Å². The molecule has 1 aromatic heterocycles. The Hall–Kier alpha value is -3.53. The minimum Gasteiger partial charge on any atom is -0.478 e. The molecule has 0 saturated heterocycles. The highest BCUT2D eigenvalue weighted by molar-refractivity contribution is 6.17. The van der Waals surface area contributed by atoms with Crippen LogP contribution in [0, 0.1) is 0 Å². The van der Waals surface area contributed by atoms with Crippen molar-refractivity contribution in [3.63, 3.8) is 0 Å². The number of benzene rings is 1. The number of carbonyl (C=O) groups is 3. The van der Waals surface area contributed by atoms with Crippen molar-refractivity contribution in [3.8, 4) is 5.69 Å². The summed E-state index contributed by atoms with van der Waals surface area (Å²) in [6, 6.07) is 4.43. The van der Waals surface area contributed by atoms with Crippen LogP contribution in [0.15, 0.2) is 42.6 Å². The van der Waals surface area contributed by atoms with Gasteiger partial charge in [-0.15, -0.1) is 10.2 Å². The zero-order chi connectivity index (χ0) is 18.0. The Labute approximate surface area is 141 Å². The second-order valence-corrected chi connectivity index (χ2v) is 5.11. The Kier molecular flexibility index (Phi) is 4.27. The number of nitrogens with one attached hydrogen (secondary N) is 1. The number of carbonyl (C=O) groups excluding carboxylic acids is 2. The van der Waals surface area contributed by atoms with Gasteiger partial charge in [0.05, 0.1) is 30.1 Å². The van der Waals surface area contributed by atoms with Gasteiger partial charge in [0.1, 0.15) is 18.4 Å². The number of carboxylic acid groups (broad SMARTS) is 1. The lowest BCUT2D eigenvalue weighted by atomic mass is 10.1. The first-order valence-corrected chi connectivity index (χ1v) is 7.19. The standard InChI is InChI=1S/C15H13N5O5/c21-4-3-20-13(22)6-12(14(20)23)18-11-5-9(19-7-16-17-8-19)1-2-10(11)15(24)25/h1-2,5-8,18,21H,3-4H2,(H,24,25). The number of hydrogen-bond acceptors (Lipinski definition) is 7. The van der Waals surface area contributed by atoms with Crippen molar-refractivity contribution in [2.75, 3.05) is 18.5 Å². The summed E-state index contributed by atoms with van der Waals surface area (Å²) in [6.45, 7) is -0.492. The minimum atomic E-state index is -1.19. The Balaban J connectivity index is 1.95. The third-order valence-corrected chi connectivity index (χ3v) is 3.55. The fourth-order valence-electron chi connectivity index (χ4n) is 2.37. The first-order chi connectivity index (χ1) is 12.0. The summed E-state index contributed by atoms with van der Waals surface area (Å²) in [5.41, 5.74) is 0.569. The van der Waals surface area contributed by atoms with Crippen LogP contribution in [0.1, 0.15) is 10.4 Å². The number of β-amino-alcohol motifs (C(OH)–C–C–N with tert-alkyl or cyclic N) is 1. The molecule has 2 heterocycles. The zero-order valence-electron chi connectivity index (χ0n) is 12.8. The van der Waals surface area contributed by atoms with E-state index in [1.54, 1.807) is 10.6 Å². The average molecular weight is 343 g/mol. The van der Waals surface area contributed by atoms with Crippen LogP contribution in [-0.2, 0) is 9.59 Å². The summed E-state index contributed by atoms with van der Waals surface area (Å²) in [4.78, 5) is 36.3. The molecule has 10 heteroatoms. The van der Waals surface area contributed by atoms with Crippen molar-refractivity contribution in [3.05, 3.63) is 48.2 Å². The van der Waals surface area contributed by atoms with E-state index in [4.69, 9.17) is 5.11 Å². The van der Waals surface area contributed by atoms with Crippen LogP contribution in [0.2, 0.25) is 0 Å². The summed E-state index contributed by atoms with van der Waals surface area (Å²) in [5.74, 6) is -2.40. The maximum Gasteiger partial charge on any atom is 0.337 e. The molecule has 2 aromatic rings. The molecular formula is C15H13N5O5. The molecule has 0 unspecified atom stereocenters. The van der Waals surface area contributed by atoms with E-state index < -0.39 is 17.8 Å². The minimum absolute atomic E-state index is 0.0677. The molecule has 25 heavy (non-hydrogen) atoms. The fourth-order valence-corrected chi connectivity index (χ4v) is 2.37. The van der Waals surface area contributed by atoms with Gasteiger partial charge < -0.3 is 15.5 Å². The Morgan fingerprint density at radius 1 is 1.20 bits per heavy atom. The van der Waals surface area contributed by atoms with Gasteiger partial charge in [0.25, 0.3) is 11.8 Å². The molecule has 0 spiro atoms. The number of aliphatic hydroxyl groups excluding tert-OH is 1. The van der Waals surface area contributed by atoms with E-state index in [-0.39, 0.29) is 30.1 Å². The van der Waals surface area contributed by atoms with Gasteiger partial charge >= 0.3 is 5.97 Å².